The maximum Gasteiger partial charge on any atom is 0.324 e. The maximum atomic E-state index is 13.8. The molecule has 4 aromatic carbocycles. The third-order valence-corrected chi connectivity index (χ3v) is 10.2. The third kappa shape index (κ3) is 7.68. The molecule has 0 amide bonds. The van der Waals surface area contributed by atoms with Crippen molar-refractivity contribution in [3.05, 3.63) is 103 Å². The smallest absolute Gasteiger partial charge is 0.324 e. The van der Waals surface area contributed by atoms with Crippen molar-refractivity contribution in [1.29, 1.82) is 0 Å². The van der Waals surface area contributed by atoms with Crippen LogP contribution in [0.2, 0.25) is 0 Å². The molecule has 242 valence electrons. The summed E-state index contributed by atoms with van der Waals surface area (Å²) in [6.45, 7) is -2.13. The van der Waals surface area contributed by atoms with Crippen molar-refractivity contribution in [3.8, 4) is 17.2 Å². The summed E-state index contributed by atoms with van der Waals surface area (Å²) < 4.78 is 72.5. The van der Waals surface area contributed by atoms with Gasteiger partial charge in [0.2, 0.25) is 0 Å². The number of carbonyl (C=O) groups is 2. The molecule has 0 atom stereocenters. The van der Waals surface area contributed by atoms with Crippen molar-refractivity contribution in [2.45, 2.75) is 16.4 Å². The predicted molar refractivity (Wildman–Crippen MR) is 168 cm³/mol. The van der Waals surface area contributed by atoms with Gasteiger partial charge >= 0.3 is 11.9 Å². The number of carboxylic acids is 2. The van der Waals surface area contributed by atoms with Gasteiger partial charge in [0.25, 0.3) is 20.0 Å². The second-order valence-electron chi connectivity index (χ2n) is 9.59. The monoisotopic (exact) mass is 670 g/mol. The fourth-order valence-electron chi connectivity index (χ4n) is 4.33. The average molecular weight is 671 g/mol. The number of rotatable bonds is 15. The van der Waals surface area contributed by atoms with Crippen molar-refractivity contribution in [3.63, 3.8) is 0 Å². The summed E-state index contributed by atoms with van der Waals surface area (Å²) in [5.74, 6) is -2.43. The van der Waals surface area contributed by atoms with Crippen LogP contribution in [0.1, 0.15) is 5.56 Å². The van der Waals surface area contributed by atoms with Crippen molar-refractivity contribution in [2.75, 3.05) is 35.9 Å². The number of anilines is 2. The molecule has 0 spiro atoms. The van der Waals surface area contributed by atoms with Crippen LogP contribution < -0.4 is 22.8 Å². The standard InChI is InChI=1S/C31H30N2O11S2/c1-42-24-9-13-26(14-10-24)45(38,39)32(19-30(34)35)23-8-17-28(29(18-23)44-21-22-6-4-3-5-7-22)33(20-31(36)37)46(40,41)27-15-11-25(43-2)12-16-27/h3-18H,19-21H2,1-2H3,(H,34,35)(H,36,37). The third-order valence-electron chi connectivity index (χ3n) is 6.59. The Hall–Kier alpha value is -5.28. The zero-order valence-corrected chi connectivity index (χ0v) is 26.3. The van der Waals surface area contributed by atoms with E-state index >= 15 is 0 Å². The molecule has 13 nitrogen and oxygen atoms in total. The Labute approximate surface area is 265 Å². The number of carboxylic acid groups (broad SMARTS) is 2. The zero-order chi connectivity index (χ0) is 33.5. The highest BCUT2D eigenvalue weighted by Gasteiger charge is 2.32. The number of benzene rings is 4. The van der Waals surface area contributed by atoms with Gasteiger partial charge in [0, 0.05) is 6.07 Å². The van der Waals surface area contributed by atoms with Crippen molar-refractivity contribution >= 4 is 43.4 Å². The van der Waals surface area contributed by atoms with Gasteiger partial charge < -0.3 is 24.4 Å². The number of aliphatic carboxylic acids is 2. The molecule has 4 rings (SSSR count). The van der Waals surface area contributed by atoms with Crippen LogP contribution in [0.4, 0.5) is 11.4 Å². The van der Waals surface area contributed by atoms with Crippen LogP contribution in [0.25, 0.3) is 0 Å². The van der Waals surface area contributed by atoms with Gasteiger partial charge in [-0.1, -0.05) is 30.3 Å². The van der Waals surface area contributed by atoms with E-state index in [0.717, 1.165) is 12.1 Å². The lowest BCUT2D eigenvalue weighted by Crippen LogP contribution is -2.37. The number of hydrogen-bond donors (Lipinski definition) is 2. The van der Waals surface area contributed by atoms with E-state index in [4.69, 9.17) is 14.2 Å². The molecule has 0 fully saturated rings. The molecule has 0 aromatic heterocycles. The SMILES string of the molecule is COc1ccc(S(=O)(=O)N(CC(=O)O)c2ccc(N(CC(=O)O)S(=O)(=O)c3ccc(OC)cc3)c(OCc3ccccc3)c2)cc1. The molecule has 0 aliphatic heterocycles. The highest BCUT2D eigenvalue weighted by molar-refractivity contribution is 7.93. The molecule has 0 bridgehead atoms. The first kappa shape index (κ1) is 33.6. The molecule has 4 aromatic rings. The number of sulfonamides is 2. The summed E-state index contributed by atoms with van der Waals surface area (Å²) in [6, 6.07) is 22.8. The largest absolute Gasteiger partial charge is 0.497 e. The average Bonchev–Trinajstić information content (AvgIpc) is 3.05. The Morgan fingerprint density at radius 2 is 1.13 bits per heavy atom. The lowest BCUT2D eigenvalue weighted by molar-refractivity contribution is -0.136. The Kier molecular flexibility index (Phi) is 10.4. The Bertz CT molecular complexity index is 1900. The molecule has 46 heavy (non-hydrogen) atoms. The topological polar surface area (TPSA) is 177 Å². The molecular formula is C31H30N2O11S2. The highest BCUT2D eigenvalue weighted by Crippen LogP contribution is 2.38. The lowest BCUT2D eigenvalue weighted by Gasteiger charge is -2.28. The molecule has 2 N–H and O–H groups in total. The summed E-state index contributed by atoms with van der Waals surface area (Å²) in [7, 11) is -6.21. The molecule has 0 aliphatic carbocycles. The fourth-order valence-corrected chi connectivity index (χ4v) is 7.16. The molecular weight excluding hydrogens is 640 g/mol. The summed E-state index contributed by atoms with van der Waals surface area (Å²) in [4.78, 5) is 23.3. The number of methoxy groups -OCH3 is 2. The second-order valence-corrected chi connectivity index (χ2v) is 13.3. The van der Waals surface area contributed by atoms with Gasteiger partial charge in [0.15, 0.2) is 0 Å². The minimum Gasteiger partial charge on any atom is -0.497 e. The molecule has 0 saturated carbocycles. The Morgan fingerprint density at radius 1 is 0.652 bits per heavy atom. The fraction of sp³-hybridized carbons (Fsp3) is 0.161. The molecule has 0 aliphatic rings. The first-order valence-corrected chi connectivity index (χ1v) is 16.3. The summed E-state index contributed by atoms with van der Waals surface area (Å²) >= 11 is 0. The minimum absolute atomic E-state index is 0.120. The van der Waals surface area contributed by atoms with Crippen molar-refractivity contribution < 1.29 is 50.8 Å². The van der Waals surface area contributed by atoms with E-state index in [1.165, 1.54) is 68.8 Å². The maximum absolute atomic E-state index is 13.8. The number of hydrogen-bond acceptors (Lipinski definition) is 9. The van der Waals surface area contributed by atoms with E-state index in [-0.39, 0.29) is 33.5 Å². The molecule has 0 heterocycles. The molecule has 0 saturated heterocycles. The van der Waals surface area contributed by atoms with Crippen LogP contribution >= 0.6 is 0 Å². The van der Waals surface area contributed by atoms with Gasteiger partial charge in [-0.25, -0.2) is 16.8 Å². The van der Waals surface area contributed by atoms with Crippen LogP contribution in [0.15, 0.2) is 107 Å². The van der Waals surface area contributed by atoms with E-state index < -0.39 is 45.1 Å². The van der Waals surface area contributed by atoms with Crippen LogP contribution in [0.3, 0.4) is 0 Å². The number of ether oxygens (including phenoxy) is 3. The Morgan fingerprint density at radius 3 is 1.61 bits per heavy atom. The quantitative estimate of drug-likeness (QED) is 0.188. The first-order chi connectivity index (χ1) is 21.9. The summed E-state index contributed by atoms with van der Waals surface area (Å²) in [6.07, 6.45) is 0. The first-order valence-electron chi connectivity index (χ1n) is 13.4. The number of nitrogens with zero attached hydrogens (tertiary/aromatic N) is 2. The van der Waals surface area contributed by atoms with E-state index in [1.807, 2.05) is 0 Å². The van der Waals surface area contributed by atoms with Crippen LogP contribution in [-0.2, 0) is 36.2 Å². The van der Waals surface area contributed by atoms with E-state index in [2.05, 4.69) is 0 Å². The van der Waals surface area contributed by atoms with Gasteiger partial charge in [-0.15, -0.1) is 0 Å². The van der Waals surface area contributed by atoms with E-state index in [0.29, 0.717) is 25.7 Å². The van der Waals surface area contributed by atoms with Gasteiger partial charge in [-0.2, -0.15) is 0 Å². The molecule has 0 unspecified atom stereocenters. The summed E-state index contributed by atoms with van der Waals surface area (Å²) in [5.41, 5.74) is 0.257. The van der Waals surface area contributed by atoms with Crippen molar-refractivity contribution in [1.82, 2.24) is 0 Å². The second kappa shape index (κ2) is 14.2. The molecule has 15 heteroatoms. The lowest BCUT2D eigenvalue weighted by atomic mass is 10.2. The Balaban J connectivity index is 1.88. The minimum atomic E-state index is -4.53. The van der Waals surface area contributed by atoms with E-state index in [9.17, 15) is 36.6 Å². The van der Waals surface area contributed by atoms with Gasteiger partial charge in [-0.3, -0.25) is 18.2 Å². The molecule has 0 radical (unpaired) electrons. The summed E-state index contributed by atoms with van der Waals surface area (Å²) in [5, 5.41) is 19.4. The van der Waals surface area contributed by atoms with Crippen LogP contribution in [-0.4, -0.2) is 66.3 Å². The normalized spacial score (nSPS) is 11.3. The van der Waals surface area contributed by atoms with Gasteiger partial charge in [0.05, 0.1) is 35.4 Å². The van der Waals surface area contributed by atoms with E-state index in [1.54, 1.807) is 30.3 Å². The van der Waals surface area contributed by atoms with Gasteiger partial charge in [0.1, 0.15) is 36.9 Å². The van der Waals surface area contributed by atoms with Gasteiger partial charge in [-0.05, 0) is 66.2 Å². The van der Waals surface area contributed by atoms with Crippen molar-refractivity contribution in [2.24, 2.45) is 0 Å². The zero-order valence-electron chi connectivity index (χ0n) is 24.6. The highest BCUT2D eigenvalue weighted by atomic mass is 32.2. The predicted octanol–water partition coefficient (Wildman–Crippen LogP) is 3.84. The van der Waals surface area contributed by atoms with Crippen LogP contribution in [0, 0.1) is 0 Å². The van der Waals surface area contributed by atoms with Crippen LogP contribution in [0.5, 0.6) is 17.2 Å².